The van der Waals surface area contributed by atoms with Crippen LogP contribution in [0.5, 0.6) is 0 Å². The van der Waals surface area contributed by atoms with Crippen LogP contribution in [-0.2, 0) is 9.53 Å². The van der Waals surface area contributed by atoms with E-state index in [0.717, 1.165) is 32.1 Å². The standard InChI is InChI=1S/C11H18O3/c1-2-11-6-5-9(11)8(4-3-7-12)10(13)14-11/h8-9,12H,2-7H2,1H3/t8?,9-,11-/m1/s1. The number of hydrogen-bond acceptors (Lipinski definition) is 3. The molecule has 1 N–H and O–H groups in total. The molecule has 1 saturated carbocycles. The number of fused-ring (bicyclic) bond motifs is 1. The third kappa shape index (κ3) is 1.26. The van der Waals surface area contributed by atoms with Crippen LogP contribution in [0.15, 0.2) is 0 Å². The fraction of sp³-hybridized carbons (Fsp3) is 0.909. The Balaban J connectivity index is 2.02. The van der Waals surface area contributed by atoms with Crippen molar-refractivity contribution in [2.24, 2.45) is 11.8 Å². The van der Waals surface area contributed by atoms with Crippen molar-refractivity contribution < 1.29 is 14.6 Å². The van der Waals surface area contributed by atoms with Crippen LogP contribution in [-0.4, -0.2) is 23.3 Å². The Labute approximate surface area is 84.4 Å². The highest BCUT2D eigenvalue weighted by Crippen LogP contribution is 2.54. The van der Waals surface area contributed by atoms with E-state index in [-0.39, 0.29) is 24.1 Å². The summed E-state index contributed by atoms with van der Waals surface area (Å²) in [6.45, 7) is 2.27. The molecule has 0 aromatic carbocycles. The summed E-state index contributed by atoms with van der Waals surface area (Å²) in [5, 5.41) is 8.75. The molecule has 2 rings (SSSR count). The van der Waals surface area contributed by atoms with Crippen LogP contribution < -0.4 is 0 Å². The Bertz CT molecular complexity index is 235. The molecule has 1 aliphatic carbocycles. The summed E-state index contributed by atoms with van der Waals surface area (Å²) in [6.07, 6.45) is 4.61. The highest BCUT2D eigenvalue weighted by molar-refractivity contribution is 5.76. The molecule has 3 nitrogen and oxygen atoms in total. The van der Waals surface area contributed by atoms with Gasteiger partial charge in [-0.05, 0) is 32.1 Å². The van der Waals surface area contributed by atoms with Gasteiger partial charge in [0, 0.05) is 12.5 Å². The number of ether oxygens (including phenoxy) is 1. The molecule has 2 fully saturated rings. The summed E-state index contributed by atoms with van der Waals surface area (Å²) in [4.78, 5) is 11.6. The van der Waals surface area contributed by atoms with Crippen molar-refractivity contribution in [1.82, 2.24) is 0 Å². The van der Waals surface area contributed by atoms with Crippen molar-refractivity contribution in [3.8, 4) is 0 Å². The van der Waals surface area contributed by atoms with Gasteiger partial charge in [-0.15, -0.1) is 0 Å². The Morgan fingerprint density at radius 2 is 2.43 bits per heavy atom. The number of rotatable bonds is 4. The van der Waals surface area contributed by atoms with Crippen molar-refractivity contribution in [3.05, 3.63) is 0 Å². The fourth-order valence-corrected chi connectivity index (χ4v) is 2.91. The molecule has 1 heterocycles. The topological polar surface area (TPSA) is 46.5 Å². The first-order valence-electron chi connectivity index (χ1n) is 5.57. The molecular formula is C11H18O3. The van der Waals surface area contributed by atoms with E-state index in [1.165, 1.54) is 0 Å². The molecule has 0 amide bonds. The van der Waals surface area contributed by atoms with E-state index >= 15 is 0 Å². The minimum Gasteiger partial charge on any atom is -0.459 e. The third-order valence-electron chi connectivity index (χ3n) is 3.92. The monoisotopic (exact) mass is 198 g/mol. The van der Waals surface area contributed by atoms with Crippen LogP contribution in [0.1, 0.15) is 39.0 Å². The summed E-state index contributed by atoms with van der Waals surface area (Å²) < 4.78 is 5.49. The van der Waals surface area contributed by atoms with Gasteiger partial charge in [-0.3, -0.25) is 4.79 Å². The quantitative estimate of drug-likeness (QED) is 0.696. The van der Waals surface area contributed by atoms with Crippen molar-refractivity contribution >= 4 is 5.97 Å². The molecule has 0 aromatic heterocycles. The van der Waals surface area contributed by atoms with Crippen molar-refractivity contribution in [2.75, 3.05) is 6.61 Å². The van der Waals surface area contributed by atoms with E-state index < -0.39 is 0 Å². The summed E-state index contributed by atoms with van der Waals surface area (Å²) in [5.74, 6) is 0.477. The van der Waals surface area contributed by atoms with E-state index in [1.807, 2.05) is 0 Å². The Morgan fingerprint density at radius 1 is 1.64 bits per heavy atom. The van der Waals surface area contributed by atoms with Gasteiger partial charge in [0.05, 0.1) is 5.92 Å². The maximum Gasteiger partial charge on any atom is 0.309 e. The van der Waals surface area contributed by atoms with Gasteiger partial charge in [0.2, 0.25) is 0 Å². The van der Waals surface area contributed by atoms with Crippen LogP contribution >= 0.6 is 0 Å². The predicted molar refractivity (Wildman–Crippen MR) is 51.6 cm³/mol. The maximum absolute atomic E-state index is 11.6. The zero-order valence-corrected chi connectivity index (χ0v) is 8.66. The van der Waals surface area contributed by atoms with E-state index in [0.29, 0.717) is 5.92 Å². The Kier molecular flexibility index (Phi) is 2.52. The lowest BCUT2D eigenvalue weighted by Crippen LogP contribution is -2.45. The molecule has 1 unspecified atom stereocenters. The number of aliphatic hydroxyl groups excluding tert-OH is 1. The number of hydrogen-bond donors (Lipinski definition) is 1. The van der Waals surface area contributed by atoms with Crippen LogP contribution in [0.25, 0.3) is 0 Å². The molecule has 0 spiro atoms. The van der Waals surface area contributed by atoms with Crippen LogP contribution in [0, 0.1) is 11.8 Å². The van der Waals surface area contributed by atoms with Crippen molar-refractivity contribution in [3.63, 3.8) is 0 Å². The number of carbonyl (C=O) groups excluding carboxylic acids is 1. The first kappa shape index (κ1) is 9.97. The fourth-order valence-electron chi connectivity index (χ4n) is 2.91. The van der Waals surface area contributed by atoms with Crippen LogP contribution in [0.4, 0.5) is 0 Å². The second-order valence-corrected chi connectivity index (χ2v) is 4.46. The molecule has 1 saturated heterocycles. The normalized spacial score (nSPS) is 40.3. The van der Waals surface area contributed by atoms with Crippen molar-refractivity contribution in [1.29, 1.82) is 0 Å². The van der Waals surface area contributed by atoms with E-state index in [9.17, 15) is 4.79 Å². The molecular weight excluding hydrogens is 180 g/mol. The number of esters is 1. The molecule has 0 radical (unpaired) electrons. The van der Waals surface area contributed by atoms with E-state index in [1.54, 1.807) is 0 Å². The third-order valence-corrected chi connectivity index (χ3v) is 3.92. The van der Waals surface area contributed by atoms with Gasteiger partial charge in [-0.25, -0.2) is 0 Å². The molecule has 0 bridgehead atoms. The predicted octanol–water partition coefficient (Wildman–Crippen LogP) is 1.49. The molecule has 3 heteroatoms. The molecule has 2 aliphatic rings. The average Bonchev–Trinajstić information content (AvgIpc) is 2.34. The molecule has 3 atom stereocenters. The maximum atomic E-state index is 11.6. The van der Waals surface area contributed by atoms with Crippen LogP contribution in [0.3, 0.4) is 0 Å². The van der Waals surface area contributed by atoms with Crippen molar-refractivity contribution in [2.45, 2.75) is 44.6 Å². The summed E-state index contributed by atoms with van der Waals surface area (Å²) in [7, 11) is 0. The zero-order valence-electron chi connectivity index (χ0n) is 8.66. The molecule has 14 heavy (non-hydrogen) atoms. The highest BCUT2D eigenvalue weighted by atomic mass is 16.6. The van der Waals surface area contributed by atoms with Gasteiger partial charge in [-0.2, -0.15) is 0 Å². The van der Waals surface area contributed by atoms with Gasteiger partial charge in [-0.1, -0.05) is 6.92 Å². The van der Waals surface area contributed by atoms with Gasteiger partial charge in [0.15, 0.2) is 0 Å². The average molecular weight is 198 g/mol. The van der Waals surface area contributed by atoms with E-state index in [4.69, 9.17) is 9.84 Å². The first-order chi connectivity index (χ1) is 6.73. The molecule has 0 aromatic rings. The SMILES string of the molecule is CC[C@@]12CC[C@@H]1C(CCCO)C(=O)O2. The largest absolute Gasteiger partial charge is 0.459 e. The number of carbonyl (C=O) groups is 1. The summed E-state index contributed by atoms with van der Waals surface area (Å²) in [6, 6.07) is 0. The molecule has 1 aliphatic heterocycles. The van der Waals surface area contributed by atoms with Gasteiger partial charge < -0.3 is 9.84 Å². The zero-order chi connectivity index (χ0) is 10.2. The second-order valence-electron chi connectivity index (χ2n) is 4.46. The Hall–Kier alpha value is -0.570. The number of aliphatic hydroxyl groups is 1. The van der Waals surface area contributed by atoms with Gasteiger partial charge in [0.1, 0.15) is 5.60 Å². The lowest BCUT2D eigenvalue weighted by atomic mass is 9.63. The smallest absolute Gasteiger partial charge is 0.309 e. The minimum absolute atomic E-state index is 0.0252. The second kappa shape index (κ2) is 3.54. The lowest BCUT2D eigenvalue weighted by molar-refractivity contribution is -0.156. The Morgan fingerprint density at radius 3 is 2.86 bits per heavy atom. The van der Waals surface area contributed by atoms with Crippen LogP contribution in [0.2, 0.25) is 0 Å². The van der Waals surface area contributed by atoms with Gasteiger partial charge in [0.25, 0.3) is 0 Å². The van der Waals surface area contributed by atoms with E-state index in [2.05, 4.69) is 6.92 Å². The van der Waals surface area contributed by atoms with Gasteiger partial charge >= 0.3 is 5.97 Å². The minimum atomic E-state index is -0.114. The first-order valence-corrected chi connectivity index (χ1v) is 5.57. The lowest BCUT2D eigenvalue weighted by Gasteiger charge is -2.43. The summed E-state index contributed by atoms with van der Waals surface area (Å²) >= 11 is 0. The highest BCUT2D eigenvalue weighted by Gasteiger charge is 2.59. The molecule has 80 valence electrons. The summed E-state index contributed by atoms with van der Waals surface area (Å²) in [5.41, 5.74) is -0.114.